The fourth-order valence-corrected chi connectivity index (χ4v) is 5.38. The molecule has 0 amide bonds. The van der Waals surface area contributed by atoms with Crippen LogP contribution in [0.2, 0.25) is 0 Å². The molecular formula is C25H27F3N8. The van der Waals surface area contributed by atoms with E-state index in [4.69, 9.17) is 0 Å². The molecule has 1 saturated carbocycles. The minimum absolute atomic E-state index is 0.0578. The molecule has 0 spiro atoms. The summed E-state index contributed by atoms with van der Waals surface area (Å²) in [5, 5.41) is 15.9. The second kappa shape index (κ2) is 7.94. The van der Waals surface area contributed by atoms with Gasteiger partial charge in [0.05, 0.1) is 11.9 Å². The zero-order valence-electron chi connectivity index (χ0n) is 20.3. The summed E-state index contributed by atoms with van der Waals surface area (Å²) in [6, 6.07) is 5.94. The van der Waals surface area contributed by atoms with Gasteiger partial charge >= 0.3 is 6.18 Å². The fraction of sp³-hybridized carbons (Fsp3) is 0.440. The smallest absolute Gasteiger partial charge is 0.341 e. The van der Waals surface area contributed by atoms with Crippen LogP contribution in [-0.2, 0) is 19.0 Å². The van der Waals surface area contributed by atoms with Crippen molar-refractivity contribution in [2.24, 2.45) is 7.05 Å². The first-order chi connectivity index (χ1) is 17.2. The molecule has 0 bridgehead atoms. The standard InChI is InChI=1S/C25H27F3N8/c1-15-13-29-20(31-21-5-9-30-34(21)3)12-18(15)17-11-19-22-32-33-23(24(7-4-8-24)25(26,27)28)35(22)10-6-16(2)36(19)14-17/h5,9,11-14,16H,4,6-8,10H2,1-3H3,(H,29,31). The number of nitrogens with one attached hydrogen (secondary N) is 1. The zero-order valence-corrected chi connectivity index (χ0v) is 20.3. The predicted octanol–water partition coefficient (Wildman–Crippen LogP) is 5.54. The van der Waals surface area contributed by atoms with Crippen LogP contribution < -0.4 is 5.32 Å². The minimum atomic E-state index is -4.34. The highest BCUT2D eigenvalue weighted by Gasteiger charge is 2.62. The van der Waals surface area contributed by atoms with Crippen molar-refractivity contribution in [1.29, 1.82) is 0 Å². The molecule has 1 atom stereocenters. The summed E-state index contributed by atoms with van der Waals surface area (Å²) < 4.78 is 47.9. The zero-order chi connectivity index (χ0) is 25.2. The van der Waals surface area contributed by atoms with Crippen molar-refractivity contribution in [3.8, 4) is 22.6 Å². The van der Waals surface area contributed by atoms with Crippen LogP contribution in [0.3, 0.4) is 0 Å². The van der Waals surface area contributed by atoms with Gasteiger partial charge in [0, 0.05) is 43.7 Å². The second-order valence-corrected chi connectivity index (χ2v) is 9.94. The van der Waals surface area contributed by atoms with Crippen LogP contribution >= 0.6 is 0 Å². The summed E-state index contributed by atoms with van der Waals surface area (Å²) in [6.07, 6.45) is 2.61. The lowest BCUT2D eigenvalue weighted by Crippen LogP contribution is -2.49. The normalized spacial score (nSPS) is 18.8. The summed E-state index contributed by atoms with van der Waals surface area (Å²) >= 11 is 0. The van der Waals surface area contributed by atoms with E-state index in [2.05, 4.69) is 43.3 Å². The molecule has 1 N–H and O–H groups in total. The lowest BCUT2D eigenvalue weighted by atomic mass is 9.67. The number of nitrogens with zero attached hydrogens (tertiary/aromatic N) is 7. The number of halogens is 3. The van der Waals surface area contributed by atoms with E-state index in [1.165, 1.54) is 0 Å². The van der Waals surface area contributed by atoms with Crippen molar-refractivity contribution in [2.45, 2.75) is 63.7 Å². The number of hydrogen-bond acceptors (Lipinski definition) is 5. The number of pyridine rings is 1. The van der Waals surface area contributed by atoms with Gasteiger partial charge in [0.1, 0.15) is 22.9 Å². The van der Waals surface area contributed by atoms with Gasteiger partial charge in [-0.05, 0) is 56.4 Å². The Kier molecular flexibility index (Phi) is 5.03. The highest BCUT2D eigenvalue weighted by Crippen LogP contribution is 2.54. The Labute approximate surface area is 206 Å². The predicted molar refractivity (Wildman–Crippen MR) is 129 cm³/mol. The molecule has 1 aliphatic carbocycles. The Morgan fingerprint density at radius 1 is 1.17 bits per heavy atom. The average Bonchev–Trinajstić information content (AvgIpc) is 3.49. The molecule has 1 unspecified atom stereocenters. The van der Waals surface area contributed by atoms with Gasteiger partial charge in [0.2, 0.25) is 0 Å². The quantitative estimate of drug-likeness (QED) is 0.401. The lowest BCUT2D eigenvalue weighted by Gasteiger charge is -2.42. The van der Waals surface area contributed by atoms with Gasteiger partial charge in [-0.25, -0.2) is 4.98 Å². The van der Waals surface area contributed by atoms with Crippen molar-refractivity contribution in [3.63, 3.8) is 0 Å². The molecule has 188 valence electrons. The van der Waals surface area contributed by atoms with Crippen LogP contribution in [0, 0.1) is 6.92 Å². The SMILES string of the molecule is Cc1cnc(Nc2ccnn2C)cc1-c1cc2n(c1)C(C)CCn1c-2nnc1C1(C(F)(F)F)CCC1. The summed E-state index contributed by atoms with van der Waals surface area (Å²) in [4.78, 5) is 4.51. The van der Waals surface area contributed by atoms with E-state index in [9.17, 15) is 13.2 Å². The van der Waals surface area contributed by atoms with Crippen LogP contribution in [0.1, 0.15) is 50.0 Å². The third-order valence-electron chi connectivity index (χ3n) is 7.74. The summed E-state index contributed by atoms with van der Waals surface area (Å²) in [7, 11) is 1.85. The first kappa shape index (κ1) is 22.8. The van der Waals surface area contributed by atoms with E-state index >= 15 is 0 Å². The largest absolute Gasteiger partial charge is 0.401 e. The molecule has 0 aromatic carbocycles. The molecule has 5 heterocycles. The van der Waals surface area contributed by atoms with Gasteiger partial charge in [-0.1, -0.05) is 6.42 Å². The van der Waals surface area contributed by atoms with Crippen molar-refractivity contribution in [3.05, 3.63) is 48.2 Å². The number of aryl methyl sites for hydroxylation is 2. The van der Waals surface area contributed by atoms with Crippen LogP contribution in [-0.4, -0.2) is 40.3 Å². The first-order valence-electron chi connectivity index (χ1n) is 12.1. The van der Waals surface area contributed by atoms with Crippen LogP contribution in [0.25, 0.3) is 22.6 Å². The maximum atomic E-state index is 14.1. The molecule has 2 aliphatic rings. The third-order valence-corrected chi connectivity index (χ3v) is 7.74. The number of aromatic nitrogens is 7. The Morgan fingerprint density at radius 3 is 2.64 bits per heavy atom. The average molecular weight is 497 g/mol. The van der Waals surface area contributed by atoms with Crippen molar-refractivity contribution < 1.29 is 13.2 Å². The molecule has 11 heteroatoms. The van der Waals surface area contributed by atoms with Crippen LogP contribution in [0.4, 0.5) is 24.8 Å². The molecule has 4 aromatic heterocycles. The number of anilines is 2. The monoisotopic (exact) mass is 496 g/mol. The number of fused-ring (bicyclic) bond motifs is 3. The Morgan fingerprint density at radius 2 is 1.97 bits per heavy atom. The maximum absolute atomic E-state index is 14.1. The molecule has 36 heavy (non-hydrogen) atoms. The summed E-state index contributed by atoms with van der Waals surface area (Å²) in [5.74, 6) is 2.04. The van der Waals surface area contributed by atoms with Crippen molar-refractivity contribution >= 4 is 11.6 Å². The van der Waals surface area contributed by atoms with Crippen LogP contribution in [0.15, 0.2) is 36.8 Å². The number of alkyl halides is 3. The Bertz CT molecular complexity index is 1440. The second-order valence-electron chi connectivity index (χ2n) is 9.94. The van der Waals surface area contributed by atoms with Crippen molar-refractivity contribution in [1.82, 2.24) is 34.1 Å². The van der Waals surface area contributed by atoms with Gasteiger partial charge in [-0.15, -0.1) is 10.2 Å². The van der Waals surface area contributed by atoms with Gasteiger partial charge in [0.15, 0.2) is 5.82 Å². The van der Waals surface area contributed by atoms with E-state index < -0.39 is 11.6 Å². The molecular weight excluding hydrogens is 469 g/mol. The fourth-order valence-electron chi connectivity index (χ4n) is 5.38. The van der Waals surface area contributed by atoms with E-state index in [1.807, 2.05) is 38.4 Å². The van der Waals surface area contributed by atoms with E-state index in [0.717, 1.165) is 28.2 Å². The summed E-state index contributed by atoms with van der Waals surface area (Å²) in [5.41, 5.74) is 1.82. The Hall–Kier alpha value is -3.63. The van der Waals surface area contributed by atoms with Gasteiger partial charge in [-0.3, -0.25) is 4.68 Å². The third kappa shape index (κ3) is 3.35. The molecule has 0 radical (unpaired) electrons. The molecule has 6 rings (SSSR count). The highest BCUT2D eigenvalue weighted by molar-refractivity contribution is 5.75. The molecule has 1 fully saturated rings. The first-order valence-corrected chi connectivity index (χ1v) is 12.1. The van der Waals surface area contributed by atoms with Gasteiger partial charge < -0.3 is 14.5 Å². The molecule has 4 aromatic rings. The molecule has 1 aliphatic heterocycles. The summed E-state index contributed by atoms with van der Waals surface area (Å²) in [6.45, 7) is 4.54. The highest BCUT2D eigenvalue weighted by atomic mass is 19.4. The van der Waals surface area contributed by atoms with Gasteiger partial charge in [-0.2, -0.15) is 18.3 Å². The van der Waals surface area contributed by atoms with E-state index in [1.54, 1.807) is 15.4 Å². The molecule has 8 nitrogen and oxygen atoms in total. The minimum Gasteiger partial charge on any atom is -0.341 e. The Balaban J connectivity index is 1.43. The lowest BCUT2D eigenvalue weighted by molar-refractivity contribution is -0.216. The molecule has 0 saturated heterocycles. The van der Waals surface area contributed by atoms with E-state index in [-0.39, 0.29) is 24.7 Å². The van der Waals surface area contributed by atoms with E-state index in [0.29, 0.717) is 31.0 Å². The van der Waals surface area contributed by atoms with Crippen LogP contribution in [0.5, 0.6) is 0 Å². The topological polar surface area (TPSA) is 78.4 Å². The maximum Gasteiger partial charge on any atom is 0.401 e. The number of hydrogen-bond donors (Lipinski definition) is 1. The number of rotatable bonds is 4. The van der Waals surface area contributed by atoms with Gasteiger partial charge in [0.25, 0.3) is 0 Å². The van der Waals surface area contributed by atoms with Crippen molar-refractivity contribution in [2.75, 3.05) is 5.32 Å².